The quantitative estimate of drug-likeness (QED) is 0.676. The Bertz CT molecular complexity index is 1090. The van der Waals surface area contributed by atoms with Crippen LogP contribution in [-0.2, 0) is 10.0 Å². The van der Waals surface area contributed by atoms with Gasteiger partial charge in [0.2, 0.25) is 10.0 Å². The van der Waals surface area contributed by atoms with Crippen molar-refractivity contribution in [2.24, 2.45) is 0 Å². The first-order valence-corrected chi connectivity index (χ1v) is 10.3. The number of fused-ring (bicyclic) bond motifs is 1. The Morgan fingerprint density at radius 3 is 2.42 bits per heavy atom. The number of rotatable bonds is 4. The van der Waals surface area contributed by atoms with Crippen LogP contribution in [0.3, 0.4) is 0 Å². The van der Waals surface area contributed by atoms with E-state index < -0.39 is 15.9 Å². The number of carbonyl (C=O) groups is 1. The van der Waals surface area contributed by atoms with Crippen LogP contribution in [0.4, 0.5) is 5.13 Å². The van der Waals surface area contributed by atoms with Crippen LogP contribution in [0.25, 0.3) is 10.2 Å². The molecule has 10 heteroatoms. The Kier molecular flexibility index (Phi) is 5.23. The van der Waals surface area contributed by atoms with Crippen LogP contribution in [0.5, 0.6) is 0 Å². The lowest BCUT2D eigenvalue weighted by Gasteiger charge is -2.11. The number of nitrogens with zero attached hydrogens (tertiary/aromatic N) is 2. The molecule has 1 N–H and O–H groups in total. The zero-order chi connectivity index (χ0) is 19.1. The number of thiazole rings is 1. The van der Waals surface area contributed by atoms with Gasteiger partial charge in [0.15, 0.2) is 5.13 Å². The van der Waals surface area contributed by atoms with Gasteiger partial charge in [-0.2, -0.15) is 0 Å². The van der Waals surface area contributed by atoms with Crippen molar-refractivity contribution >= 4 is 65.8 Å². The third-order valence-corrected chi connectivity index (χ3v) is 6.78. The van der Waals surface area contributed by atoms with Gasteiger partial charge in [-0.05, 0) is 36.4 Å². The number of benzene rings is 2. The van der Waals surface area contributed by atoms with E-state index in [0.29, 0.717) is 26.3 Å². The summed E-state index contributed by atoms with van der Waals surface area (Å²) in [5, 5.41) is 3.95. The molecule has 0 aliphatic rings. The molecule has 1 amide bonds. The first-order valence-electron chi connectivity index (χ1n) is 7.28. The van der Waals surface area contributed by atoms with Crippen molar-refractivity contribution in [2.75, 3.05) is 19.4 Å². The molecule has 0 atom stereocenters. The SMILES string of the molecule is CN(C)S(=O)(=O)c1ccc(C(=O)Nc2nc3c(Cl)cc(Cl)cc3s2)cc1. The van der Waals surface area contributed by atoms with Crippen molar-refractivity contribution in [1.82, 2.24) is 9.29 Å². The largest absolute Gasteiger partial charge is 0.298 e. The van der Waals surface area contributed by atoms with E-state index in [0.717, 1.165) is 9.01 Å². The molecule has 0 saturated heterocycles. The summed E-state index contributed by atoms with van der Waals surface area (Å²) in [5.74, 6) is -0.403. The normalized spacial score (nSPS) is 11.9. The first kappa shape index (κ1) is 19.1. The van der Waals surface area contributed by atoms with Gasteiger partial charge in [0, 0.05) is 24.7 Å². The Labute approximate surface area is 164 Å². The van der Waals surface area contributed by atoms with Gasteiger partial charge in [-0.3, -0.25) is 10.1 Å². The predicted octanol–water partition coefficient (Wildman–Crippen LogP) is 4.11. The Morgan fingerprint density at radius 1 is 1.15 bits per heavy atom. The standard InChI is InChI=1S/C16H13Cl2N3O3S2/c1-21(2)26(23,24)11-5-3-9(4-6-11)15(22)20-16-19-14-12(18)7-10(17)8-13(14)25-16/h3-8H,1-2H3,(H,19,20,22). The van der Waals surface area contributed by atoms with E-state index in [1.165, 1.54) is 49.7 Å². The molecule has 0 saturated carbocycles. The maximum Gasteiger partial charge on any atom is 0.257 e. The Morgan fingerprint density at radius 2 is 1.81 bits per heavy atom. The second kappa shape index (κ2) is 7.13. The van der Waals surface area contributed by atoms with E-state index >= 15 is 0 Å². The van der Waals surface area contributed by atoms with Crippen molar-refractivity contribution in [3.05, 3.63) is 52.0 Å². The second-order valence-corrected chi connectivity index (χ2v) is 9.55. The predicted molar refractivity (Wildman–Crippen MR) is 105 cm³/mol. The third kappa shape index (κ3) is 3.70. The highest BCUT2D eigenvalue weighted by Crippen LogP contribution is 2.33. The summed E-state index contributed by atoms with van der Waals surface area (Å²) >= 11 is 13.3. The van der Waals surface area contributed by atoms with Crippen LogP contribution < -0.4 is 5.32 Å². The van der Waals surface area contributed by atoms with E-state index in [4.69, 9.17) is 23.2 Å². The molecule has 3 aromatic rings. The van der Waals surface area contributed by atoms with E-state index in [1.54, 1.807) is 12.1 Å². The number of anilines is 1. The molecule has 0 fully saturated rings. The van der Waals surface area contributed by atoms with Crippen molar-refractivity contribution < 1.29 is 13.2 Å². The minimum Gasteiger partial charge on any atom is -0.298 e. The fraction of sp³-hybridized carbons (Fsp3) is 0.125. The van der Waals surface area contributed by atoms with Crippen LogP contribution in [0.15, 0.2) is 41.3 Å². The fourth-order valence-electron chi connectivity index (χ4n) is 2.17. The summed E-state index contributed by atoms with van der Waals surface area (Å²) in [7, 11) is -0.650. The van der Waals surface area contributed by atoms with Gasteiger partial charge in [0.25, 0.3) is 5.91 Å². The van der Waals surface area contributed by atoms with Gasteiger partial charge in [0.1, 0.15) is 5.52 Å². The summed E-state index contributed by atoms with van der Waals surface area (Å²) < 4.78 is 26.0. The van der Waals surface area contributed by atoms with Crippen LogP contribution in [-0.4, -0.2) is 37.7 Å². The van der Waals surface area contributed by atoms with E-state index in [9.17, 15) is 13.2 Å². The van der Waals surface area contributed by atoms with Crippen molar-refractivity contribution in [1.29, 1.82) is 0 Å². The molecule has 136 valence electrons. The number of halogens is 2. The monoisotopic (exact) mass is 429 g/mol. The van der Waals surface area contributed by atoms with Crippen LogP contribution in [0.2, 0.25) is 10.0 Å². The first-order chi connectivity index (χ1) is 12.2. The summed E-state index contributed by atoms with van der Waals surface area (Å²) in [6, 6.07) is 8.97. The lowest BCUT2D eigenvalue weighted by atomic mass is 10.2. The Balaban J connectivity index is 1.83. The van der Waals surface area contributed by atoms with Crippen molar-refractivity contribution in [3.8, 4) is 0 Å². The smallest absolute Gasteiger partial charge is 0.257 e. The van der Waals surface area contributed by atoms with Gasteiger partial charge < -0.3 is 0 Å². The molecule has 0 aliphatic carbocycles. The summed E-state index contributed by atoms with van der Waals surface area (Å²) in [5.41, 5.74) is 0.870. The summed E-state index contributed by atoms with van der Waals surface area (Å²) in [6.07, 6.45) is 0. The lowest BCUT2D eigenvalue weighted by Crippen LogP contribution is -2.22. The number of amides is 1. The molecule has 6 nitrogen and oxygen atoms in total. The number of aromatic nitrogens is 1. The maximum atomic E-state index is 12.4. The zero-order valence-corrected chi connectivity index (χ0v) is 16.8. The van der Waals surface area contributed by atoms with E-state index in [2.05, 4.69) is 10.3 Å². The number of hydrogen-bond donors (Lipinski definition) is 1. The molecule has 1 heterocycles. The zero-order valence-electron chi connectivity index (χ0n) is 13.7. The number of nitrogens with one attached hydrogen (secondary N) is 1. The molecular formula is C16H13Cl2N3O3S2. The van der Waals surface area contributed by atoms with E-state index in [1.807, 2.05) is 0 Å². The fourth-order valence-corrected chi connectivity index (χ4v) is 4.65. The number of carbonyl (C=O) groups excluding carboxylic acids is 1. The molecule has 3 rings (SSSR count). The van der Waals surface area contributed by atoms with Crippen molar-refractivity contribution in [2.45, 2.75) is 4.90 Å². The second-order valence-electron chi connectivity index (χ2n) is 5.52. The highest BCUT2D eigenvalue weighted by atomic mass is 35.5. The van der Waals surface area contributed by atoms with Gasteiger partial charge in [0.05, 0.1) is 14.6 Å². The summed E-state index contributed by atoms with van der Waals surface area (Å²) in [6.45, 7) is 0. The van der Waals surface area contributed by atoms with Crippen molar-refractivity contribution in [3.63, 3.8) is 0 Å². The average Bonchev–Trinajstić information content (AvgIpc) is 2.97. The van der Waals surface area contributed by atoms with E-state index in [-0.39, 0.29) is 4.90 Å². The third-order valence-electron chi connectivity index (χ3n) is 3.53. The molecule has 0 spiro atoms. The van der Waals surface area contributed by atoms with Crippen LogP contribution in [0, 0.1) is 0 Å². The molecule has 0 aliphatic heterocycles. The minimum absolute atomic E-state index is 0.112. The van der Waals surface area contributed by atoms with Gasteiger partial charge in [-0.15, -0.1) is 0 Å². The van der Waals surface area contributed by atoms with Crippen LogP contribution in [0.1, 0.15) is 10.4 Å². The molecule has 1 aromatic heterocycles. The molecule has 26 heavy (non-hydrogen) atoms. The molecule has 2 aromatic carbocycles. The summed E-state index contributed by atoms with van der Waals surface area (Å²) in [4.78, 5) is 16.8. The van der Waals surface area contributed by atoms with Gasteiger partial charge in [-0.25, -0.2) is 17.7 Å². The molecular weight excluding hydrogens is 417 g/mol. The lowest BCUT2D eigenvalue weighted by molar-refractivity contribution is 0.102. The minimum atomic E-state index is -3.54. The molecule has 0 bridgehead atoms. The Hall–Kier alpha value is -1.71. The highest BCUT2D eigenvalue weighted by Gasteiger charge is 2.18. The number of hydrogen-bond acceptors (Lipinski definition) is 5. The number of sulfonamides is 1. The van der Waals surface area contributed by atoms with Gasteiger partial charge in [-0.1, -0.05) is 34.5 Å². The maximum absolute atomic E-state index is 12.4. The van der Waals surface area contributed by atoms with Crippen LogP contribution >= 0.6 is 34.5 Å². The molecule has 0 radical (unpaired) electrons. The average molecular weight is 430 g/mol. The topological polar surface area (TPSA) is 79.4 Å². The van der Waals surface area contributed by atoms with Gasteiger partial charge >= 0.3 is 0 Å². The molecule has 0 unspecified atom stereocenters. The highest BCUT2D eigenvalue weighted by molar-refractivity contribution is 7.89.